The summed E-state index contributed by atoms with van der Waals surface area (Å²) in [6.07, 6.45) is 3.97. The van der Waals surface area contributed by atoms with Crippen molar-refractivity contribution in [3.05, 3.63) is 44.9 Å². The Balaban J connectivity index is 1.97. The molecule has 1 aliphatic rings. The first-order valence-corrected chi connectivity index (χ1v) is 8.01. The van der Waals surface area contributed by atoms with Crippen molar-refractivity contribution in [1.82, 2.24) is 4.57 Å². The Hall–Kier alpha value is -1.06. The fourth-order valence-electron chi connectivity index (χ4n) is 3.13. The molecule has 3 rings (SSSR count). The van der Waals surface area contributed by atoms with Gasteiger partial charge >= 0.3 is 0 Å². The lowest BCUT2D eigenvalue weighted by Gasteiger charge is -2.20. The maximum absolute atomic E-state index is 10.1. The van der Waals surface area contributed by atoms with E-state index in [2.05, 4.69) is 35.9 Å². The molecule has 0 aliphatic heterocycles. The number of aryl methyl sites for hydroxylation is 2. The molecule has 2 heterocycles. The van der Waals surface area contributed by atoms with Crippen molar-refractivity contribution < 1.29 is 5.11 Å². The number of fused-ring (bicyclic) bond motifs is 1. The van der Waals surface area contributed by atoms with E-state index in [4.69, 9.17) is 0 Å². The van der Waals surface area contributed by atoms with Gasteiger partial charge in [0.1, 0.15) is 0 Å². The van der Waals surface area contributed by atoms with Crippen molar-refractivity contribution in [3.8, 4) is 0 Å². The Kier molecular flexibility index (Phi) is 3.50. The summed E-state index contributed by atoms with van der Waals surface area (Å²) < 4.78 is 2.41. The molecule has 102 valence electrons. The van der Waals surface area contributed by atoms with Crippen molar-refractivity contribution in [2.24, 2.45) is 0 Å². The summed E-state index contributed by atoms with van der Waals surface area (Å²) in [6.45, 7) is 5.34. The Bertz CT molecular complexity index is 582. The van der Waals surface area contributed by atoms with E-state index in [1.807, 2.05) is 11.3 Å². The summed E-state index contributed by atoms with van der Waals surface area (Å²) in [5.41, 5.74) is 5.26. The zero-order valence-electron chi connectivity index (χ0n) is 11.6. The number of nitrogens with zero attached hydrogens (tertiary/aromatic N) is 1. The first kappa shape index (κ1) is 12.9. The topological polar surface area (TPSA) is 25.2 Å². The number of thiophene rings is 1. The summed E-state index contributed by atoms with van der Waals surface area (Å²) in [5, 5.41) is 12.3. The highest BCUT2D eigenvalue weighted by molar-refractivity contribution is 7.10. The van der Waals surface area contributed by atoms with Gasteiger partial charge in [-0.05, 0) is 55.7 Å². The van der Waals surface area contributed by atoms with Crippen molar-refractivity contribution in [2.75, 3.05) is 0 Å². The molecule has 0 bridgehead atoms. The molecule has 0 saturated carbocycles. The second-order valence-electron chi connectivity index (χ2n) is 5.40. The maximum atomic E-state index is 10.1. The molecule has 2 nitrogen and oxygen atoms in total. The first-order valence-electron chi connectivity index (χ1n) is 7.13. The van der Waals surface area contributed by atoms with Crippen LogP contribution in [-0.4, -0.2) is 9.67 Å². The predicted molar refractivity (Wildman–Crippen MR) is 79.9 cm³/mol. The lowest BCUT2D eigenvalue weighted by Crippen LogP contribution is -2.13. The zero-order valence-corrected chi connectivity index (χ0v) is 12.5. The number of hydrogen-bond acceptors (Lipinski definition) is 2. The largest absolute Gasteiger partial charge is 0.388 e. The minimum atomic E-state index is -0.252. The number of aromatic nitrogens is 1. The average Bonchev–Trinajstić information content (AvgIpc) is 2.97. The molecule has 0 saturated heterocycles. The van der Waals surface area contributed by atoms with Gasteiger partial charge in [-0.3, -0.25) is 0 Å². The Morgan fingerprint density at radius 3 is 3.11 bits per heavy atom. The molecule has 0 aromatic carbocycles. The molecule has 0 fully saturated rings. The van der Waals surface area contributed by atoms with E-state index in [1.54, 1.807) is 0 Å². The molecule has 0 spiro atoms. The Labute approximate surface area is 118 Å². The second-order valence-corrected chi connectivity index (χ2v) is 6.41. The third-order valence-corrected chi connectivity index (χ3v) is 5.17. The van der Waals surface area contributed by atoms with Gasteiger partial charge < -0.3 is 9.67 Å². The van der Waals surface area contributed by atoms with E-state index >= 15 is 0 Å². The van der Waals surface area contributed by atoms with Gasteiger partial charge in [-0.15, -0.1) is 11.3 Å². The molecule has 1 atom stereocenters. The van der Waals surface area contributed by atoms with E-state index in [0.717, 1.165) is 32.2 Å². The fraction of sp³-hybridized carbons (Fsp3) is 0.500. The third kappa shape index (κ3) is 2.26. The normalized spacial score (nSPS) is 18.6. The number of rotatable bonds is 3. The van der Waals surface area contributed by atoms with Crippen LogP contribution in [0.2, 0.25) is 0 Å². The van der Waals surface area contributed by atoms with E-state index in [-0.39, 0.29) is 6.10 Å². The molecule has 3 heteroatoms. The van der Waals surface area contributed by atoms with E-state index < -0.39 is 0 Å². The maximum Gasteiger partial charge on any atom is 0.0807 e. The van der Waals surface area contributed by atoms with E-state index in [9.17, 15) is 5.11 Å². The monoisotopic (exact) mass is 275 g/mol. The lowest BCUT2D eigenvalue weighted by molar-refractivity contribution is 0.156. The quantitative estimate of drug-likeness (QED) is 0.904. The van der Waals surface area contributed by atoms with Crippen LogP contribution in [0.5, 0.6) is 0 Å². The molecule has 19 heavy (non-hydrogen) atoms. The molecule has 1 aliphatic carbocycles. The zero-order chi connectivity index (χ0) is 13.4. The van der Waals surface area contributed by atoms with Crippen molar-refractivity contribution in [3.63, 3.8) is 0 Å². The summed E-state index contributed by atoms with van der Waals surface area (Å²) in [6, 6.07) is 4.42. The van der Waals surface area contributed by atoms with Crippen LogP contribution < -0.4 is 0 Å². The third-order valence-electron chi connectivity index (χ3n) is 4.22. The summed E-state index contributed by atoms with van der Waals surface area (Å²) in [4.78, 5) is 1.46. The molecule has 0 amide bonds. The van der Waals surface area contributed by atoms with Crippen LogP contribution in [0, 0.1) is 6.92 Å². The highest BCUT2D eigenvalue weighted by Gasteiger charge is 2.23. The number of hydrogen-bond donors (Lipinski definition) is 1. The van der Waals surface area contributed by atoms with E-state index in [1.165, 1.54) is 27.4 Å². The first-order chi connectivity index (χ1) is 9.20. The minimum Gasteiger partial charge on any atom is -0.388 e. The lowest BCUT2D eigenvalue weighted by atomic mass is 9.95. The van der Waals surface area contributed by atoms with Gasteiger partial charge in [0.05, 0.1) is 12.6 Å². The summed E-state index contributed by atoms with van der Waals surface area (Å²) >= 11 is 1.85. The van der Waals surface area contributed by atoms with Gasteiger partial charge in [0.2, 0.25) is 0 Å². The standard InChI is InChI=1S/C16H21NOS/c1-3-12-7-8-19-16(12)10-17-11(2)9-13-14(17)5-4-6-15(13)18/h7-9,15,18H,3-6,10H2,1-2H3. The van der Waals surface area contributed by atoms with Gasteiger partial charge in [-0.25, -0.2) is 0 Å². The highest BCUT2D eigenvalue weighted by Crippen LogP contribution is 2.33. The average molecular weight is 275 g/mol. The molecular formula is C16H21NOS. The molecule has 1 unspecified atom stereocenters. The Morgan fingerprint density at radius 1 is 1.47 bits per heavy atom. The van der Waals surface area contributed by atoms with Crippen molar-refractivity contribution in [2.45, 2.75) is 52.2 Å². The van der Waals surface area contributed by atoms with Crippen LogP contribution in [0.1, 0.15) is 53.3 Å². The second kappa shape index (κ2) is 5.14. The fourth-order valence-corrected chi connectivity index (χ4v) is 4.09. The van der Waals surface area contributed by atoms with Gasteiger partial charge in [-0.2, -0.15) is 0 Å². The minimum absolute atomic E-state index is 0.252. The SMILES string of the molecule is CCc1ccsc1Cn1c(C)cc2c1CCCC2O. The Morgan fingerprint density at radius 2 is 2.32 bits per heavy atom. The molecule has 1 N–H and O–H groups in total. The van der Waals surface area contributed by atoms with Crippen LogP contribution in [0.25, 0.3) is 0 Å². The van der Waals surface area contributed by atoms with Gasteiger partial charge in [0, 0.05) is 21.8 Å². The smallest absolute Gasteiger partial charge is 0.0807 e. The van der Waals surface area contributed by atoms with Gasteiger partial charge in [0.15, 0.2) is 0 Å². The van der Waals surface area contributed by atoms with Crippen molar-refractivity contribution >= 4 is 11.3 Å². The van der Waals surface area contributed by atoms with Gasteiger partial charge in [0.25, 0.3) is 0 Å². The summed E-state index contributed by atoms with van der Waals surface area (Å²) in [5.74, 6) is 0. The van der Waals surface area contributed by atoms with E-state index in [0.29, 0.717) is 0 Å². The van der Waals surface area contributed by atoms with Crippen LogP contribution in [0.15, 0.2) is 17.5 Å². The highest BCUT2D eigenvalue weighted by atomic mass is 32.1. The van der Waals surface area contributed by atoms with Crippen LogP contribution in [0.4, 0.5) is 0 Å². The van der Waals surface area contributed by atoms with Crippen LogP contribution in [-0.2, 0) is 19.4 Å². The predicted octanol–water partition coefficient (Wildman–Crippen LogP) is 3.84. The molecule has 2 aromatic rings. The molecule has 2 aromatic heterocycles. The number of aliphatic hydroxyl groups excluding tert-OH is 1. The number of aliphatic hydroxyl groups is 1. The van der Waals surface area contributed by atoms with Crippen LogP contribution >= 0.6 is 11.3 Å². The van der Waals surface area contributed by atoms with Crippen molar-refractivity contribution in [1.29, 1.82) is 0 Å². The molecular weight excluding hydrogens is 254 g/mol. The van der Waals surface area contributed by atoms with Gasteiger partial charge in [-0.1, -0.05) is 6.92 Å². The molecule has 0 radical (unpaired) electrons. The summed E-state index contributed by atoms with van der Waals surface area (Å²) in [7, 11) is 0. The van der Waals surface area contributed by atoms with Crippen LogP contribution in [0.3, 0.4) is 0 Å².